The monoisotopic (exact) mass is 296 g/mol. The first-order valence-electron chi connectivity index (χ1n) is 5.37. The fourth-order valence-electron chi connectivity index (χ4n) is 1.23. The molecule has 0 spiro atoms. The molecule has 0 fully saturated rings. The van der Waals surface area contributed by atoms with E-state index in [1.807, 2.05) is 4.72 Å². The number of hydrogen-bond acceptors (Lipinski definition) is 6. The first-order chi connectivity index (χ1) is 9.29. The van der Waals surface area contributed by atoms with Gasteiger partial charge in [-0.25, -0.2) is 0 Å². The van der Waals surface area contributed by atoms with Crippen LogP contribution in [-0.4, -0.2) is 26.4 Å². The van der Waals surface area contributed by atoms with Crippen molar-refractivity contribution in [3.05, 3.63) is 29.3 Å². The number of rotatable bonds is 5. The molecule has 0 aliphatic rings. The maximum atomic E-state index is 11.3. The third-order valence-electron chi connectivity index (χ3n) is 2.24. The number of carbonyl (C=O) groups is 1. The Morgan fingerprint density at radius 2 is 2.15 bits per heavy atom. The van der Waals surface area contributed by atoms with E-state index in [1.54, 1.807) is 6.07 Å². The maximum absolute atomic E-state index is 11.3. The van der Waals surface area contributed by atoms with Crippen LogP contribution < -0.4 is 8.91 Å². The van der Waals surface area contributed by atoms with E-state index in [9.17, 15) is 18.3 Å². The number of hydrogen-bond donors (Lipinski definition) is 2. The molecule has 2 N–H and O–H groups in total. The Morgan fingerprint density at radius 3 is 2.65 bits per heavy atom. The Bertz CT molecular complexity index is 701. The van der Waals surface area contributed by atoms with E-state index in [1.165, 1.54) is 31.2 Å². The summed E-state index contributed by atoms with van der Waals surface area (Å²) in [7, 11) is -2.87. The van der Waals surface area contributed by atoms with Gasteiger partial charge in [-0.3, -0.25) is 4.79 Å². The van der Waals surface area contributed by atoms with Crippen LogP contribution in [0.15, 0.2) is 23.8 Å². The molecule has 0 saturated heterocycles. The van der Waals surface area contributed by atoms with Gasteiger partial charge in [-0.15, -0.1) is 0 Å². The molecule has 0 unspecified atom stereocenters. The molecule has 106 valence electrons. The predicted molar refractivity (Wildman–Crippen MR) is 71.0 cm³/mol. The van der Waals surface area contributed by atoms with E-state index in [-0.39, 0.29) is 17.1 Å². The number of ketones is 1. The molecule has 0 saturated carbocycles. The number of phenols is 1. The number of aromatic hydroxyl groups is 1. The van der Waals surface area contributed by atoms with Crippen molar-refractivity contribution in [2.75, 3.05) is 7.05 Å². The third kappa shape index (κ3) is 4.08. The third-order valence-corrected chi connectivity index (χ3v) is 3.14. The Morgan fingerprint density at radius 1 is 1.50 bits per heavy atom. The van der Waals surface area contributed by atoms with Gasteiger partial charge in [0.2, 0.25) is 0 Å². The average molecular weight is 296 g/mol. The molecule has 0 amide bonds. The Kier molecular flexibility index (Phi) is 4.85. The summed E-state index contributed by atoms with van der Waals surface area (Å²) >= 11 is 0. The second kappa shape index (κ2) is 6.18. The zero-order valence-electron chi connectivity index (χ0n) is 10.7. The lowest BCUT2D eigenvalue weighted by atomic mass is 10.1. The topological polar surface area (TPSA) is 116 Å². The molecule has 7 nitrogen and oxygen atoms in total. The van der Waals surface area contributed by atoms with Gasteiger partial charge in [-0.05, 0) is 30.7 Å². The van der Waals surface area contributed by atoms with Crippen LogP contribution in [0.2, 0.25) is 0 Å². The molecular weight excluding hydrogens is 284 g/mol. The number of nitriles is 1. The molecular formula is C12H12N2O5S. The van der Waals surface area contributed by atoms with Crippen molar-refractivity contribution in [1.82, 2.24) is 4.72 Å². The van der Waals surface area contributed by atoms with Gasteiger partial charge < -0.3 is 9.29 Å². The van der Waals surface area contributed by atoms with Gasteiger partial charge >= 0.3 is 10.3 Å². The highest BCUT2D eigenvalue weighted by molar-refractivity contribution is 7.85. The summed E-state index contributed by atoms with van der Waals surface area (Å²) in [5.41, 5.74) is 0.244. The summed E-state index contributed by atoms with van der Waals surface area (Å²) in [6.45, 7) is 1.23. The standard InChI is InChI=1S/C12H12N2O5S/c1-8(15)10(7-13)5-9-3-4-11(16)12(6-9)19-20(17,18)14-2/h3-6,14,16H,1-2H3/b10-5-. The van der Waals surface area contributed by atoms with Crippen molar-refractivity contribution in [2.45, 2.75) is 6.92 Å². The van der Waals surface area contributed by atoms with E-state index >= 15 is 0 Å². The van der Waals surface area contributed by atoms with Crippen LogP contribution >= 0.6 is 0 Å². The minimum absolute atomic E-state index is 0.0990. The lowest BCUT2D eigenvalue weighted by molar-refractivity contribution is -0.113. The van der Waals surface area contributed by atoms with Crippen LogP contribution in [0, 0.1) is 11.3 Å². The van der Waals surface area contributed by atoms with Gasteiger partial charge in [0.1, 0.15) is 6.07 Å². The largest absolute Gasteiger partial charge is 0.504 e. The zero-order chi connectivity index (χ0) is 15.3. The first kappa shape index (κ1) is 15.7. The quantitative estimate of drug-likeness (QED) is 0.611. The fraction of sp³-hybridized carbons (Fsp3) is 0.167. The van der Waals surface area contributed by atoms with Gasteiger partial charge in [0, 0.05) is 7.05 Å². The van der Waals surface area contributed by atoms with E-state index < -0.39 is 16.1 Å². The van der Waals surface area contributed by atoms with E-state index in [4.69, 9.17) is 5.26 Å². The maximum Gasteiger partial charge on any atom is 0.382 e. The lowest BCUT2D eigenvalue weighted by Gasteiger charge is -2.07. The molecule has 1 aromatic rings. The summed E-state index contributed by atoms with van der Waals surface area (Å²) in [4.78, 5) is 11.1. The molecule has 0 heterocycles. The van der Waals surface area contributed by atoms with Crippen molar-refractivity contribution >= 4 is 22.2 Å². The van der Waals surface area contributed by atoms with Gasteiger partial charge in [0.25, 0.3) is 0 Å². The highest BCUT2D eigenvalue weighted by Gasteiger charge is 2.13. The van der Waals surface area contributed by atoms with Crippen molar-refractivity contribution in [2.24, 2.45) is 0 Å². The van der Waals surface area contributed by atoms with Crippen molar-refractivity contribution < 1.29 is 22.5 Å². The summed E-state index contributed by atoms with van der Waals surface area (Å²) in [5, 5.41) is 18.3. The molecule has 1 aromatic carbocycles. The van der Waals surface area contributed by atoms with E-state index in [0.717, 1.165) is 7.05 Å². The summed E-state index contributed by atoms with van der Waals surface area (Å²) in [6.07, 6.45) is 1.26. The molecule has 0 aliphatic heterocycles. The number of nitrogens with zero attached hydrogens (tertiary/aromatic N) is 1. The molecule has 8 heteroatoms. The number of benzene rings is 1. The summed E-state index contributed by atoms with van der Waals surface area (Å²) in [5.74, 6) is -1.12. The average Bonchev–Trinajstić information content (AvgIpc) is 2.39. The van der Waals surface area contributed by atoms with Crippen molar-refractivity contribution in [1.29, 1.82) is 5.26 Å². The highest BCUT2D eigenvalue weighted by Crippen LogP contribution is 2.28. The molecule has 20 heavy (non-hydrogen) atoms. The minimum atomic E-state index is -4.02. The van der Waals surface area contributed by atoms with Crippen LogP contribution in [0.3, 0.4) is 0 Å². The van der Waals surface area contributed by atoms with Crippen LogP contribution in [0.4, 0.5) is 0 Å². The Hall–Kier alpha value is -2.37. The Labute approximate surface area is 116 Å². The second-order valence-corrected chi connectivity index (χ2v) is 5.18. The normalized spacial score (nSPS) is 11.8. The molecule has 0 aliphatic carbocycles. The smallest absolute Gasteiger partial charge is 0.382 e. The van der Waals surface area contributed by atoms with Gasteiger partial charge in [-0.1, -0.05) is 6.07 Å². The molecule has 0 aromatic heterocycles. The zero-order valence-corrected chi connectivity index (χ0v) is 11.6. The Balaban J connectivity index is 3.23. The van der Waals surface area contributed by atoms with Crippen molar-refractivity contribution in [3.8, 4) is 17.6 Å². The number of allylic oxidation sites excluding steroid dienone is 1. The molecule has 0 bridgehead atoms. The molecule has 0 radical (unpaired) electrons. The first-order valence-corrected chi connectivity index (χ1v) is 6.78. The minimum Gasteiger partial charge on any atom is -0.504 e. The highest BCUT2D eigenvalue weighted by atomic mass is 32.2. The van der Waals surface area contributed by atoms with Crippen LogP contribution in [0.5, 0.6) is 11.5 Å². The summed E-state index contributed by atoms with van der Waals surface area (Å²) < 4.78 is 29.0. The number of carbonyl (C=O) groups excluding carboxylic acids is 1. The van der Waals surface area contributed by atoms with Crippen molar-refractivity contribution in [3.63, 3.8) is 0 Å². The van der Waals surface area contributed by atoms with Gasteiger partial charge in [0.15, 0.2) is 17.3 Å². The van der Waals surface area contributed by atoms with Gasteiger partial charge in [0.05, 0.1) is 5.57 Å². The number of nitrogens with one attached hydrogen (secondary N) is 1. The SMILES string of the molecule is CNS(=O)(=O)Oc1cc(/C=C(/C#N)C(C)=O)ccc1O. The summed E-state index contributed by atoms with van der Waals surface area (Å²) in [6, 6.07) is 5.53. The molecule has 0 atom stereocenters. The number of phenolic OH excluding ortho intramolecular Hbond substituents is 1. The predicted octanol–water partition coefficient (Wildman–Crippen LogP) is 0.731. The van der Waals surface area contributed by atoms with Gasteiger partial charge in [-0.2, -0.15) is 18.4 Å². The lowest BCUT2D eigenvalue weighted by Crippen LogP contribution is -2.24. The van der Waals surface area contributed by atoms with Crippen LogP contribution in [0.25, 0.3) is 6.08 Å². The van der Waals surface area contributed by atoms with E-state index in [0.29, 0.717) is 5.56 Å². The molecule has 1 rings (SSSR count). The number of Topliss-reactive ketones (excluding diaryl/α,β-unsaturated/α-hetero) is 1. The van der Waals surface area contributed by atoms with E-state index in [2.05, 4.69) is 4.18 Å². The van der Waals surface area contributed by atoms with Crippen LogP contribution in [-0.2, 0) is 15.1 Å². The second-order valence-electron chi connectivity index (χ2n) is 3.69. The van der Waals surface area contributed by atoms with Crippen LogP contribution in [0.1, 0.15) is 12.5 Å². The fourth-order valence-corrected chi connectivity index (χ4v) is 1.68.